The van der Waals surface area contributed by atoms with Crippen LogP contribution < -0.4 is 4.72 Å². The van der Waals surface area contributed by atoms with Crippen LogP contribution in [-0.2, 0) is 16.4 Å². The summed E-state index contributed by atoms with van der Waals surface area (Å²) in [5, 5.41) is 3.71. The Labute approximate surface area is 118 Å². The van der Waals surface area contributed by atoms with Crippen molar-refractivity contribution in [3.8, 4) is 0 Å². The van der Waals surface area contributed by atoms with Crippen LogP contribution in [-0.4, -0.2) is 13.6 Å². The molecule has 1 aromatic heterocycles. The van der Waals surface area contributed by atoms with Crippen LogP contribution in [0.5, 0.6) is 0 Å². The summed E-state index contributed by atoms with van der Waals surface area (Å²) in [6, 6.07) is 7.75. The number of fused-ring (bicyclic) bond motifs is 1. The molecule has 1 aliphatic rings. The van der Waals surface area contributed by atoms with Gasteiger partial charge in [0.1, 0.15) is 10.6 Å². The Morgan fingerprint density at radius 1 is 1.30 bits per heavy atom. The Hall–Kier alpha value is -1.66. The summed E-state index contributed by atoms with van der Waals surface area (Å²) in [4.78, 5) is 0.155. The van der Waals surface area contributed by atoms with Crippen LogP contribution in [0.2, 0.25) is 0 Å². The minimum atomic E-state index is -3.61. The third kappa shape index (κ3) is 2.14. The minimum Gasteiger partial charge on any atom is -0.360 e. The second-order valence-electron chi connectivity index (χ2n) is 5.06. The molecule has 0 saturated heterocycles. The minimum absolute atomic E-state index is 0.155. The normalized spacial score (nSPS) is 18.2. The predicted octanol–water partition coefficient (Wildman–Crippen LogP) is 2.26. The fraction of sp³-hybridized carbons (Fsp3) is 0.357. The van der Waals surface area contributed by atoms with E-state index in [9.17, 15) is 8.42 Å². The van der Waals surface area contributed by atoms with Gasteiger partial charge in [0, 0.05) is 6.04 Å². The molecular formula is C14H16N2O3S. The molecule has 1 unspecified atom stereocenters. The Morgan fingerprint density at radius 3 is 2.75 bits per heavy atom. The maximum atomic E-state index is 12.5. The first-order valence-electron chi connectivity index (χ1n) is 6.52. The van der Waals surface area contributed by atoms with Gasteiger partial charge in [-0.15, -0.1) is 0 Å². The molecule has 0 spiro atoms. The first kappa shape index (κ1) is 13.3. The van der Waals surface area contributed by atoms with Gasteiger partial charge in [-0.05, 0) is 37.8 Å². The van der Waals surface area contributed by atoms with E-state index in [1.165, 1.54) is 5.56 Å². The number of aromatic nitrogens is 1. The van der Waals surface area contributed by atoms with Crippen molar-refractivity contribution < 1.29 is 12.9 Å². The molecule has 0 aliphatic heterocycles. The smallest absolute Gasteiger partial charge is 0.246 e. The van der Waals surface area contributed by atoms with Crippen molar-refractivity contribution in [3.63, 3.8) is 0 Å². The number of benzene rings is 1. The van der Waals surface area contributed by atoms with E-state index >= 15 is 0 Å². The molecule has 106 valence electrons. The number of aryl methyl sites for hydroxylation is 3. The van der Waals surface area contributed by atoms with Crippen molar-refractivity contribution in [2.75, 3.05) is 0 Å². The van der Waals surface area contributed by atoms with E-state index in [2.05, 4.69) is 9.88 Å². The molecule has 3 rings (SSSR count). The number of hydrogen-bond donors (Lipinski definition) is 1. The lowest BCUT2D eigenvalue weighted by Gasteiger charge is -2.14. The van der Waals surface area contributed by atoms with Gasteiger partial charge in [-0.2, -0.15) is 0 Å². The maximum absolute atomic E-state index is 12.5. The average molecular weight is 292 g/mol. The summed E-state index contributed by atoms with van der Waals surface area (Å²) in [6.45, 7) is 3.24. The monoisotopic (exact) mass is 292 g/mol. The number of hydrogen-bond acceptors (Lipinski definition) is 4. The maximum Gasteiger partial charge on any atom is 0.246 e. The zero-order chi connectivity index (χ0) is 14.3. The van der Waals surface area contributed by atoms with E-state index in [-0.39, 0.29) is 10.9 Å². The van der Waals surface area contributed by atoms with Crippen molar-refractivity contribution in [3.05, 3.63) is 46.8 Å². The summed E-state index contributed by atoms with van der Waals surface area (Å²) in [5.41, 5.74) is 2.66. The van der Waals surface area contributed by atoms with Gasteiger partial charge in [-0.1, -0.05) is 29.4 Å². The van der Waals surface area contributed by atoms with Gasteiger partial charge in [0.05, 0.1) is 0 Å². The fourth-order valence-corrected chi connectivity index (χ4v) is 4.36. The van der Waals surface area contributed by atoms with Gasteiger partial charge in [-0.3, -0.25) is 0 Å². The Morgan fingerprint density at radius 2 is 2.05 bits per heavy atom. The van der Waals surface area contributed by atoms with Crippen LogP contribution in [0.1, 0.15) is 35.0 Å². The molecule has 1 atom stereocenters. The Balaban J connectivity index is 1.93. The van der Waals surface area contributed by atoms with E-state index in [4.69, 9.17) is 4.52 Å². The van der Waals surface area contributed by atoms with Crippen molar-refractivity contribution in [1.82, 2.24) is 9.88 Å². The van der Waals surface area contributed by atoms with Crippen molar-refractivity contribution in [2.45, 2.75) is 37.6 Å². The number of nitrogens with zero attached hydrogens (tertiary/aromatic N) is 1. The molecule has 1 aliphatic carbocycles. The quantitative estimate of drug-likeness (QED) is 0.941. The van der Waals surface area contributed by atoms with Crippen LogP contribution in [0.25, 0.3) is 0 Å². The lowest BCUT2D eigenvalue weighted by Crippen LogP contribution is -2.28. The molecule has 0 bridgehead atoms. The number of sulfonamides is 1. The molecule has 20 heavy (non-hydrogen) atoms. The molecule has 6 heteroatoms. The summed E-state index contributed by atoms with van der Waals surface area (Å²) in [7, 11) is -3.61. The second kappa shape index (κ2) is 4.71. The lowest BCUT2D eigenvalue weighted by atomic mass is 10.1. The molecule has 0 saturated carbocycles. The van der Waals surface area contributed by atoms with Crippen LogP contribution >= 0.6 is 0 Å². The van der Waals surface area contributed by atoms with Gasteiger partial charge in [0.15, 0.2) is 5.76 Å². The highest BCUT2D eigenvalue weighted by molar-refractivity contribution is 7.89. The van der Waals surface area contributed by atoms with E-state index in [1.807, 2.05) is 24.3 Å². The van der Waals surface area contributed by atoms with E-state index < -0.39 is 10.0 Å². The fourth-order valence-electron chi connectivity index (χ4n) is 2.78. The third-order valence-corrected chi connectivity index (χ3v) is 5.38. The molecule has 0 amide bonds. The Bertz CT molecular complexity index is 730. The van der Waals surface area contributed by atoms with Crippen LogP contribution in [0.3, 0.4) is 0 Å². The van der Waals surface area contributed by atoms with Crippen molar-refractivity contribution in [1.29, 1.82) is 0 Å². The van der Waals surface area contributed by atoms with Gasteiger partial charge in [0.2, 0.25) is 10.0 Å². The van der Waals surface area contributed by atoms with Crippen LogP contribution in [0.15, 0.2) is 33.7 Å². The van der Waals surface area contributed by atoms with Crippen molar-refractivity contribution in [2.24, 2.45) is 0 Å². The zero-order valence-corrected chi connectivity index (χ0v) is 12.2. The summed E-state index contributed by atoms with van der Waals surface area (Å²) >= 11 is 0. The predicted molar refractivity (Wildman–Crippen MR) is 73.8 cm³/mol. The summed E-state index contributed by atoms with van der Waals surface area (Å²) in [6.07, 6.45) is 1.67. The van der Waals surface area contributed by atoms with Crippen LogP contribution in [0, 0.1) is 13.8 Å². The molecule has 5 nitrogen and oxygen atoms in total. The molecule has 1 N–H and O–H groups in total. The SMILES string of the molecule is Cc1noc(C)c1S(=O)(=O)NC1CCc2ccccc21. The van der Waals surface area contributed by atoms with Crippen molar-refractivity contribution >= 4 is 10.0 Å². The van der Waals surface area contributed by atoms with Crippen LogP contribution in [0.4, 0.5) is 0 Å². The summed E-state index contributed by atoms with van der Waals surface area (Å²) < 4.78 is 32.7. The Kier molecular flexibility index (Phi) is 3.14. The van der Waals surface area contributed by atoms with Gasteiger partial charge in [0.25, 0.3) is 0 Å². The molecule has 0 radical (unpaired) electrons. The van der Waals surface area contributed by atoms with E-state index in [0.717, 1.165) is 18.4 Å². The highest BCUT2D eigenvalue weighted by Crippen LogP contribution is 2.32. The van der Waals surface area contributed by atoms with E-state index in [0.29, 0.717) is 11.5 Å². The second-order valence-corrected chi connectivity index (χ2v) is 6.72. The highest BCUT2D eigenvalue weighted by atomic mass is 32.2. The molecule has 0 fully saturated rings. The van der Waals surface area contributed by atoms with Gasteiger partial charge < -0.3 is 4.52 Å². The lowest BCUT2D eigenvalue weighted by molar-refractivity contribution is 0.390. The highest BCUT2D eigenvalue weighted by Gasteiger charge is 2.30. The molecule has 1 aromatic carbocycles. The first-order chi connectivity index (χ1) is 9.49. The third-order valence-electron chi connectivity index (χ3n) is 3.67. The number of rotatable bonds is 3. The number of nitrogens with one attached hydrogen (secondary N) is 1. The van der Waals surface area contributed by atoms with E-state index in [1.54, 1.807) is 13.8 Å². The molecular weight excluding hydrogens is 276 g/mol. The topological polar surface area (TPSA) is 72.2 Å². The molecule has 2 aromatic rings. The standard InChI is InChI=1S/C14H16N2O3S/c1-9-14(10(2)19-15-9)20(17,18)16-13-8-7-11-5-3-4-6-12(11)13/h3-6,13,16H,7-8H2,1-2H3. The molecule has 1 heterocycles. The zero-order valence-electron chi connectivity index (χ0n) is 11.4. The largest absolute Gasteiger partial charge is 0.360 e. The van der Waals surface area contributed by atoms with Gasteiger partial charge in [-0.25, -0.2) is 13.1 Å². The van der Waals surface area contributed by atoms with Gasteiger partial charge >= 0.3 is 0 Å². The average Bonchev–Trinajstić information content (AvgIpc) is 2.94. The summed E-state index contributed by atoms with van der Waals surface area (Å²) in [5.74, 6) is 0.321. The first-order valence-corrected chi connectivity index (χ1v) is 8.00.